The Labute approximate surface area is 122 Å². The summed E-state index contributed by atoms with van der Waals surface area (Å²) >= 11 is 0. The minimum atomic E-state index is -3.13. The number of ether oxygens (including phenoxy) is 1. The molecule has 0 aliphatic rings. The minimum absolute atomic E-state index is 0.206. The van der Waals surface area contributed by atoms with Crippen LogP contribution in [0.2, 0.25) is 0 Å². The van der Waals surface area contributed by atoms with E-state index in [2.05, 4.69) is 5.09 Å². The van der Waals surface area contributed by atoms with Crippen LogP contribution in [0, 0.1) is 0 Å². The molecule has 0 aromatic heterocycles. The summed E-state index contributed by atoms with van der Waals surface area (Å²) in [6, 6.07) is -0.689. The summed E-state index contributed by atoms with van der Waals surface area (Å²) in [5, 5.41) is 2.72. The number of hydrogen-bond donors (Lipinski definition) is 2. The summed E-state index contributed by atoms with van der Waals surface area (Å²) < 4.78 is 22.7. The predicted molar refractivity (Wildman–Crippen MR) is 82.2 cm³/mol. The van der Waals surface area contributed by atoms with Crippen molar-refractivity contribution in [3.05, 3.63) is 0 Å². The van der Waals surface area contributed by atoms with Gasteiger partial charge in [-0.3, -0.25) is 9.36 Å². The lowest BCUT2D eigenvalue weighted by molar-refractivity contribution is -0.149. The van der Waals surface area contributed by atoms with Gasteiger partial charge < -0.3 is 15.0 Å². The van der Waals surface area contributed by atoms with Crippen LogP contribution in [-0.2, 0) is 18.6 Å². The molecule has 0 saturated carbocycles. The molecule has 0 amide bonds. The van der Waals surface area contributed by atoms with Gasteiger partial charge in [-0.25, -0.2) is 5.09 Å². The molecule has 0 saturated heterocycles. The normalized spacial score (nSPS) is 16.1. The molecule has 0 radical (unpaired) electrons. The van der Waals surface area contributed by atoms with Gasteiger partial charge in [0, 0.05) is 22.7 Å². The second-order valence-corrected chi connectivity index (χ2v) is 10.2. The van der Waals surface area contributed by atoms with Crippen LogP contribution < -0.4 is 10.8 Å². The number of carbonyl (C=O) groups excluding carboxylic acids is 1. The molecular formula is C10H23N2O4PS2. The molecule has 3 N–H and O–H groups in total. The van der Waals surface area contributed by atoms with E-state index in [0.29, 0.717) is 18.9 Å². The van der Waals surface area contributed by atoms with Gasteiger partial charge in [-0.2, -0.15) is 0 Å². The van der Waals surface area contributed by atoms with E-state index in [9.17, 15) is 9.36 Å². The first-order valence-corrected chi connectivity index (χ1v) is 10.6. The Morgan fingerprint density at radius 3 is 2.53 bits per heavy atom. The second kappa shape index (κ2) is 10.1. The van der Waals surface area contributed by atoms with Crippen LogP contribution in [0.25, 0.3) is 0 Å². The SMILES string of the molecule is CCOP(=O)(N[C@@H](C)C(=O)OC(C)C)SSCCN. The number of rotatable bonds is 10. The average Bonchev–Trinajstić information content (AvgIpc) is 2.28. The third-order valence-electron chi connectivity index (χ3n) is 1.71. The molecule has 0 bridgehead atoms. The van der Waals surface area contributed by atoms with Crippen molar-refractivity contribution < 1.29 is 18.6 Å². The molecular weight excluding hydrogens is 307 g/mol. The zero-order valence-corrected chi connectivity index (χ0v) is 14.3. The summed E-state index contributed by atoms with van der Waals surface area (Å²) in [5.41, 5.74) is 5.38. The average molecular weight is 330 g/mol. The highest BCUT2D eigenvalue weighted by atomic mass is 33.3. The van der Waals surface area contributed by atoms with Crippen LogP contribution in [0.3, 0.4) is 0 Å². The Kier molecular flexibility index (Phi) is 10.2. The molecule has 9 heteroatoms. The molecule has 0 fully saturated rings. The molecule has 114 valence electrons. The Morgan fingerprint density at radius 2 is 2.05 bits per heavy atom. The van der Waals surface area contributed by atoms with Crippen molar-refractivity contribution in [1.29, 1.82) is 0 Å². The van der Waals surface area contributed by atoms with Gasteiger partial charge in [0.25, 0.3) is 0 Å². The lowest BCUT2D eigenvalue weighted by atomic mass is 10.4. The van der Waals surface area contributed by atoms with Crippen molar-refractivity contribution in [3.8, 4) is 0 Å². The molecule has 0 aromatic carbocycles. The fraction of sp³-hybridized carbons (Fsp3) is 0.900. The molecule has 0 aliphatic carbocycles. The highest BCUT2D eigenvalue weighted by Crippen LogP contribution is 2.61. The van der Waals surface area contributed by atoms with E-state index in [4.69, 9.17) is 15.0 Å². The van der Waals surface area contributed by atoms with Gasteiger partial charge in [0.05, 0.1) is 12.7 Å². The summed E-state index contributed by atoms with van der Waals surface area (Å²) in [5.74, 6) is 0.216. The fourth-order valence-corrected chi connectivity index (χ4v) is 7.09. The molecule has 2 atom stereocenters. The van der Waals surface area contributed by atoms with Crippen LogP contribution in [0.1, 0.15) is 27.7 Å². The van der Waals surface area contributed by atoms with Crippen molar-refractivity contribution in [2.24, 2.45) is 5.73 Å². The van der Waals surface area contributed by atoms with Crippen molar-refractivity contribution >= 4 is 33.9 Å². The molecule has 0 spiro atoms. The number of nitrogens with two attached hydrogens (primary N) is 1. The topological polar surface area (TPSA) is 90.6 Å². The Balaban J connectivity index is 4.46. The maximum absolute atomic E-state index is 12.4. The lowest BCUT2D eigenvalue weighted by Gasteiger charge is -2.21. The number of esters is 1. The van der Waals surface area contributed by atoms with Crippen molar-refractivity contribution in [3.63, 3.8) is 0 Å². The maximum Gasteiger partial charge on any atom is 0.337 e. The van der Waals surface area contributed by atoms with Gasteiger partial charge in [0.15, 0.2) is 0 Å². The van der Waals surface area contributed by atoms with Crippen LogP contribution >= 0.6 is 27.9 Å². The third-order valence-corrected chi connectivity index (χ3v) is 8.47. The molecule has 0 aromatic rings. The van der Waals surface area contributed by atoms with Crippen molar-refractivity contribution in [2.75, 3.05) is 18.9 Å². The van der Waals surface area contributed by atoms with E-state index in [1.165, 1.54) is 10.8 Å². The first-order chi connectivity index (χ1) is 8.84. The van der Waals surface area contributed by atoms with Gasteiger partial charge in [-0.1, -0.05) is 10.8 Å². The largest absolute Gasteiger partial charge is 0.462 e. The van der Waals surface area contributed by atoms with E-state index >= 15 is 0 Å². The van der Waals surface area contributed by atoms with Gasteiger partial charge in [-0.05, 0) is 27.7 Å². The Morgan fingerprint density at radius 1 is 1.42 bits per heavy atom. The predicted octanol–water partition coefficient (Wildman–Crippen LogP) is 2.40. The number of nitrogens with one attached hydrogen (secondary N) is 1. The smallest absolute Gasteiger partial charge is 0.337 e. The van der Waals surface area contributed by atoms with E-state index in [1.807, 2.05) is 0 Å². The zero-order chi connectivity index (χ0) is 14.9. The fourth-order valence-electron chi connectivity index (χ4n) is 1.03. The van der Waals surface area contributed by atoms with Crippen LogP contribution in [0.15, 0.2) is 0 Å². The molecule has 1 unspecified atom stereocenters. The quantitative estimate of drug-likeness (QED) is 0.273. The van der Waals surface area contributed by atoms with E-state index < -0.39 is 18.7 Å². The monoisotopic (exact) mass is 330 g/mol. The van der Waals surface area contributed by atoms with Gasteiger partial charge in [-0.15, -0.1) is 0 Å². The van der Waals surface area contributed by atoms with Gasteiger partial charge in [0.1, 0.15) is 6.04 Å². The molecule has 19 heavy (non-hydrogen) atoms. The summed E-state index contributed by atoms with van der Waals surface area (Å²) in [4.78, 5) is 11.7. The van der Waals surface area contributed by atoms with Gasteiger partial charge >= 0.3 is 12.7 Å². The van der Waals surface area contributed by atoms with E-state index in [0.717, 1.165) is 10.4 Å². The summed E-state index contributed by atoms with van der Waals surface area (Å²) in [7, 11) is 2.45. The van der Waals surface area contributed by atoms with Crippen LogP contribution in [0.5, 0.6) is 0 Å². The van der Waals surface area contributed by atoms with Crippen LogP contribution in [0.4, 0.5) is 0 Å². The van der Waals surface area contributed by atoms with Gasteiger partial charge in [0.2, 0.25) is 0 Å². The second-order valence-electron chi connectivity index (χ2n) is 3.94. The highest BCUT2D eigenvalue weighted by molar-refractivity contribution is 8.99. The standard InChI is InChI=1S/C10H23N2O4PS2/c1-5-15-17(14,19-18-7-6-11)12-9(4)10(13)16-8(2)3/h8-9H,5-7,11H2,1-4H3,(H,12,14)/t9-,17?/m0/s1. The van der Waals surface area contributed by atoms with E-state index in [1.54, 1.807) is 27.7 Å². The minimum Gasteiger partial charge on any atom is -0.462 e. The number of carbonyl (C=O) groups is 1. The zero-order valence-electron chi connectivity index (χ0n) is 11.8. The van der Waals surface area contributed by atoms with Crippen molar-refractivity contribution in [1.82, 2.24) is 5.09 Å². The Bertz CT molecular complexity index is 318. The molecule has 6 nitrogen and oxygen atoms in total. The number of hydrogen-bond acceptors (Lipinski definition) is 7. The van der Waals surface area contributed by atoms with Crippen molar-refractivity contribution in [2.45, 2.75) is 39.8 Å². The molecule has 0 heterocycles. The highest BCUT2D eigenvalue weighted by Gasteiger charge is 2.30. The summed E-state index contributed by atoms with van der Waals surface area (Å²) in [6.45, 7) is 4.54. The molecule has 0 rings (SSSR count). The third kappa shape index (κ3) is 8.94. The lowest BCUT2D eigenvalue weighted by Crippen LogP contribution is -2.34. The first-order valence-electron chi connectivity index (χ1n) is 6.08. The summed E-state index contributed by atoms with van der Waals surface area (Å²) in [6.07, 6.45) is -0.206. The Hall–Kier alpha value is 0.280. The van der Waals surface area contributed by atoms with Crippen LogP contribution in [-0.4, -0.2) is 37.0 Å². The molecule has 0 aliphatic heterocycles. The first kappa shape index (κ1) is 19.3. The maximum atomic E-state index is 12.4. The van der Waals surface area contributed by atoms with E-state index in [-0.39, 0.29) is 6.10 Å².